The zero-order valence-electron chi connectivity index (χ0n) is 49.7. The normalized spacial score (nSPS) is 13.2. The molecule has 0 N–H and O–H groups in total. The Balaban J connectivity index is 1.26. The number of halogens is 27. The van der Waals surface area contributed by atoms with Gasteiger partial charge < -0.3 is 9.13 Å². The predicted octanol–water partition coefficient (Wildman–Crippen LogP) is 25.1. The molecule has 2 aromatic heterocycles. The van der Waals surface area contributed by atoms with Gasteiger partial charge in [-0.25, -0.2) is 0 Å². The highest BCUT2D eigenvalue weighted by molar-refractivity contribution is 6.14. The van der Waals surface area contributed by atoms with Crippen molar-refractivity contribution in [2.45, 2.75) is 55.6 Å². The summed E-state index contributed by atoms with van der Waals surface area (Å²) in [6.45, 7) is 0. The Morgan fingerprint density at radius 3 is 0.745 bits per heavy atom. The molecule has 0 unspecified atom stereocenters. The molecule has 0 fully saturated rings. The van der Waals surface area contributed by atoms with Crippen molar-refractivity contribution >= 4 is 43.6 Å². The van der Waals surface area contributed by atoms with Gasteiger partial charge in [0.05, 0.1) is 107 Å². The number of nitriles is 2. The van der Waals surface area contributed by atoms with E-state index in [1.54, 1.807) is 12.1 Å². The van der Waals surface area contributed by atoms with Gasteiger partial charge in [0.15, 0.2) is 0 Å². The zero-order chi connectivity index (χ0) is 74.5. The van der Waals surface area contributed by atoms with Crippen molar-refractivity contribution in [3.63, 3.8) is 0 Å². The number of alkyl halides is 27. The number of hydrogen-bond donors (Lipinski definition) is 0. The molecule has 0 radical (unpaired) electrons. The van der Waals surface area contributed by atoms with E-state index in [9.17, 15) is 129 Å². The highest BCUT2D eigenvalue weighted by atomic mass is 19.4. The number of hydrogen-bond acceptors (Lipinski definition) is 2. The van der Waals surface area contributed by atoms with Crippen molar-refractivity contribution in [1.29, 1.82) is 10.5 Å². The smallest absolute Gasteiger partial charge is 0.307 e. The maximum atomic E-state index is 15.0. The second kappa shape index (κ2) is 23.8. The molecule has 10 aromatic carbocycles. The van der Waals surface area contributed by atoms with Gasteiger partial charge in [-0.05, 0) is 177 Å². The Bertz CT molecular complexity index is 5270. The molecule has 0 aliphatic carbocycles. The van der Waals surface area contributed by atoms with Crippen LogP contribution in [0.1, 0.15) is 61.2 Å². The maximum absolute atomic E-state index is 15.0. The summed E-state index contributed by atoms with van der Waals surface area (Å²) < 4.78 is 395. The third-order valence-electron chi connectivity index (χ3n) is 16.8. The van der Waals surface area contributed by atoms with E-state index in [-0.39, 0.29) is 81.4 Å². The van der Waals surface area contributed by atoms with E-state index in [4.69, 9.17) is 0 Å². The summed E-state index contributed by atoms with van der Waals surface area (Å²) in [7, 11) is 0. The molecule has 0 bridgehead atoms. The lowest BCUT2D eigenvalue weighted by Crippen LogP contribution is -2.12. The standard InChI is InChI=1S/C71H29F27N4/c72-63(73,74)39-5-9-44(53(25-39)68(87,88)89)33-1-13-57-49(20-33)50-21-34(45-10-6-40(64(75,76)77)26-54(45)69(90,91)92)2-14-58(50)101(57)61-24-38(31-100)48(37-17-32(30-99)18-43(19-37)67(84,85)86)29-62(61)102-59-15-3-35(46-11-7-41(65(78,79)80)27-55(46)70(93,94)95)22-51(59)52-23-36(4-16-60(52)102)47-12-8-42(66(81,82)83)28-56(47)71(96,97)98/h1-29H. The second-order valence-corrected chi connectivity index (χ2v) is 23.0. The summed E-state index contributed by atoms with van der Waals surface area (Å²) in [6.07, 6.45) is -49.1. The molecule has 0 amide bonds. The van der Waals surface area contributed by atoms with Crippen molar-refractivity contribution in [2.24, 2.45) is 0 Å². The van der Waals surface area contributed by atoms with Crippen molar-refractivity contribution in [2.75, 3.05) is 0 Å². The minimum Gasteiger partial charge on any atom is -0.307 e. The van der Waals surface area contributed by atoms with E-state index in [1.165, 1.54) is 0 Å². The number of nitrogens with zero attached hydrogens (tertiary/aromatic N) is 4. The van der Waals surface area contributed by atoms with Gasteiger partial charge in [-0.3, -0.25) is 0 Å². The maximum Gasteiger partial charge on any atom is 0.417 e. The molecule has 0 aliphatic heterocycles. The highest BCUT2D eigenvalue weighted by Crippen LogP contribution is 2.51. The highest BCUT2D eigenvalue weighted by Gasteiger charge is 2.44. The first-order valence-electron chi connectivity index (χ1n) is 28.7. The molecule has 522 valence electrons. The fraction of sp³-hybridized carbons (Fsp3) is 0.127. The Morgan fingerprint density at radius 1 is 0.225 bits per heavy atom. The quantitative estimate of drug-likeness (QED) is 0.149. The van der Waals surface area contributed by atoms with Crippen molar-refractivity contribution in [1.82, 2.24) is 9.13 Å². The largest absolute Gasteiger partial charge is 0.417 e. The molecule has 0 spiro atoms. The minimum absolute atomic E-state index is 0.236. The molecule has 0 atom stereocenters. The summed E-state index contributed by atoms with van der Waals surface area (Å²) in [4.78, 5) is 0. The van der Waals surface area contributed by atoms with Crippen molar-refractivity contribution in [3.05, 3.63) is 237 Å². The Morgan fingerprint density at radius 2 is 0.500 bits per heavy atom. The molecule has 0 saturated heterocycles. The van der Waals surface area contributed by atoms with Gasteiger partial charge in [-0.1, -0.05) is 48.5 Å². The first-order valence-corrected chi connectivity index (χ1v) is 28.7. The number of rotatable bonds is 7. The average Bonchev–Trinajstić information content (AvgIpc) is 1.54. The SMILES string of the molecule is N#Cc1cc(-c2cc(-n3c4ccc(-c5ccc(C(F)(F)F)cc5C(F)(F)F)cc4c4cc(-c5ccc(C(F)(F)F)cc5C(F)(F)F)ccc43)c(-n3c4ccc(-c5ccc(C(F)(F)F)cc5C(F)(F)F)cc4c4cc(-c5ccc(C(F)(F)F)cc5C(F)(F)F)ccc43)cc2C#N)cc(C(F)(F)F)c1. The van der Waals surface area contributed by atoms with Crippen LogP contribution in [0.4, 0.5) is 119 Å². The molecule has 0 saturated carbocycles. The monoisotopic (exact) mass is 1450 g/mol. The third-order valence-corrected chi connectivity index (χ3v) is 16.8. The summed E-state index contributed by atoms with van der Waals surface area (Å²) >= 11 is 0. The number of aromatic nitrogens is 2. The molecule has 12 rings (SSSR count). The third kappa shape index (κ3) is 12.9. The summed E-state index contributed by atoms with van der Waals surface area (Å²) in [5, 5.41) is 19.6. The van der Waals surface area contributed by atoms with E-state index in [1.807, 2.05) is 0 Å². The second-order valence-electron chi connectivity index (χ2n) is 23.0. The topological polar surface area (TPSA) is 57.4 Å². The van der Waals surface area contributed by atoms with Crippen LogP contribution in [0.3, 0.4) is 0 Å². The molecule has 31 heteroatoms. The first kappa shape index (κ1) is 70.7. The Kier molecular flexibility index (Phi) is 16.5. The number of benzene rings is 10. The number of fused-ring (bicyclic) bond motifs is 6. The van der Waals surface area contributed by atoms with Crippen LogP contribution in [-0.2, 0) is 55.6 Å². The van der Waals surface area contributed by atoms with Crippen LogP contribution in [0.2, 0.25) is 0 Å². The zero-order valence-corrected chi connectivity index (χ0v) is 49.7. The summed E-state index contributed by atoms with van der Waals surface area (Å²) in [6, 6.07) is 19.9. The van der Waals surface area contributed by atoms with Crippen LogP contribution in [0, 0.1) is 22.7 Å². The lowest BCUT2D eigenvalue weighted by atomic mass is 9.94. The lowest BCUT2D eigenvalue weighted by molar-refractivity contribution is -0.144. The van der Waals surface area contributed by atoms with Gasteiger partial charge in [0.25, 0.3) is 0 Å². The fourth-order valence-electron chi connectivity index (χ4n) is 12.3. The van der Waals surface area contributed by atoms with Crippen molar-refractivity contribution in [3.8, 4) is 79.1 Å². The fourth-order valence-corrected chi connectivity index (χ4v) is 12.3. The Hall–Kier alpha value is -11.1. The summed E-state index contributed by atoms with van der Waals surface area (Å²) in [5.74, 6) is 0. The van der Waals surface area contributed by atoms with Crippen LogP contribution < -0.4 is 0 Å². The molecule has 12 aromatic rings. The van der Waals surface area contributed by atoms with E-state index < -0.39 is 195 Å². The van der Waals surface area contributed by atoms with Crippen LogP contribution in [0.15, 0.2) is 176 Å². The average molecular weight is 1450 g/mol. The minimum atomic E-state index is -5.59. The van der Waals surface area contributed by atoms with Gasteiger partial charge in [0.2, 0.25) is 0 Å². The molecule has 2 heterocycles. The molecule has 4 nitrogen and oxygen atoms in total. The molecular weight excluding hydrogens is 1420 g/mol. The van der Waals surface area contributed by atoms with Crippen LogP contribution in [-0.4, -0.2) is 9.13 Å². The van der Waals surface area contributed by atoms with E-state index in [2.05, 4.69) is 0 Å². The van der Waals surface area contributed by atoms with Gasteiger partial charge in [0.1, 0.15) is 0 Å². The van der Waals surface area contributed by atoms with Gasteiger partial charge in [-0.15, -0.1) is 0 Å². The Labute approximate surface area is 552 Å². The van der Waals surface area contributed by atoms with Gasteiger partial charge >= 0.3 is 55.6 Å². The van der Waals surface area contributed by atoms with E-state index in [0.717, 1.165) is 100 Å². The van der Waals surface area contributed by atoms with Crippen LogP contribution in [0.5, 0.6) is 0 Å². The van der Waals surface area contributed by atoms with E-state index >= 15 is 0 Å². The van der Waals surface area contributed by atoms with Crippen molar-refractivity contribution < 1.29 is 119 Å². The predicted molar refractivity (Wildman–Crippen MR) is 317 cm³/mol. The van der Waals surface area contributed by atoms with Crippen LogP contribution in [0.25, 0.3) is 111 Å². The van der Waals surface area contributed by atoms with E-state index in [0.29, 0.717) is 36.4 Å². The lowest BCUT2D eigenvalue weighted by Gasteiger charge is -2.20. The molecule has 102 heavy (non-hydrogen) atoms. The first-order chi connectivity index (χ1) is 47.1. The summed E-state index contributed by atoms with van der Waals surface area (Å²) in [5.41, 5.74) is -27.3. The van der Waals surface area contributed by atoms with Crippen LogP contribution >= 0.6 is 0 Å². The van der Waals surface area contributed by atoms with Gasteiger partial charge in [-0.2, -0.15) is 129 Å². The molecule has 0 aliphatic rings. The molecular formula is C71H29F27N4. The van der Waals surface area contributed by atoms with Gasteiger partial charge in [0, 0.05) is 27.1 Å².